The van der Waals surface area contributed by atoms with Gasteiger partial charge in [-0.2, -0.15) is 5.10 Å². The third-order valence-electron chi connectivity index (χ3n) is 5.87. The summed E-state index contributed by atoms with van der Waals surface area (Å²) in [5.74, 6) is -0.0414. The van der Waals surface area contributed by atoms with E-state index in [-0.39, 0.29) is 30.2 Å². The lowest BCUT2D eigenvalue weighted by Gasteiger charge is -2.32. The Hall–Kier alpha value is -2.94. The summed E-state index contributed by atoms with van der Waals surface area (Å²) in [6, 6.07) is 8.09. The first-order valence-electron chi connectivity index (χ1n) is 11.2. The van der Waals surface area contributed by atoms with Crippen LogP contribution in [0.4, 0.5) is 0 Å². The summed E-state index contributed by atoms with van der Waals surface area (Å²) in [5.41, 5.74) is 1.90. The lowest BCUT2D eigenvalue weighted by Crippen LogP contribution is -2.43. The van der Waals surface area contributed by atoms with Gasteiger partial charge in [-0.15, -0.1) is 0 Å². The monoisotopic (exact) mass is 443 g/mol. The van der Waals surface area contributed by atoms with Crippen molar-refractivity contribution in [1.82, 2.24) is 24.1 Å². The Balaban J connectivity index is 1.53. The van der Waals surface area contributed by atoms with Crippen molar-refractivity contribution in [3.63, 3.8) is 0 Å². The lowest BCUT2D eigenvalue weighted by atomic mass is 9.89. The molecule has 9 nitrogen and oxygen atoms in total. The molecule has 0 saturated carbocycles. The number of hydrogen-bond donors (Lipinski definition) is 0. The number of esters is 1. The van der Waals surface area contributed by atoms with Gasteiger partial charge in [0.25, 0.3) is 0 Å². The Labute approximate surface area is 188 Å². The Morgan fingerprint density at radius 1 is 1.19 bits per heavy atom. The number of aromatic nitrogens is 3. The van der Waals surface area contributed by atoms with Crippen LogP contribution in [0.15, 0.2) is 35.4 Å². The molecule has 0 N–H and O–H groups in total. The van der Waals surface area contributed by atoms with Crippen molar-refractivity contribution < 1.29 is 14.3 Å². The number of carbonyl (C=O) groups excluding carboxylic acids is 2. The van der Waals surface area contributed by atoms with Crippen molar-refractivity contribution in [3.05, 3.63) is 46.6 Å². The molecule has 0 aliphatic carbocycles. The van der Waals surface area contributed by atoms with Crippen LogP contribution in [-0.4, -0.2) is 75.9 Å². The van der Waals surface area contributed by atoms with E-state index in [4.69, 9.17) is 4.74 Å². The van der Waals surface area contributed by atoms with E-state index >= 15 is 0 Å². The molecule has 2 aromatic rings. The van der Waals surface area contributed by atoms with Crippen molar-refractivity contribution in [2.75, 3.05) is 39.8 Å². The summed E-state index contributed by atoms with van der Waals surface area (Å²) in [7, 11) is 1.63. The van der Waals surface area contributed by atoms with Crippen LogP contribution in [-0.2, 0) is 14.3 Å². The zero-order chi connectivity index (χ0) is 23.3. The summed E-state index contributed by atoms with van der Waals surface area (Å²) >= 11 is 0. The van der Waals surface area contributed by atoms with Crippen LogP contribution in [0, 0.1) is 0 Å². The van der Waals surface area contributed by atoms with E-state index in [1.807, 2.05) is 26.0 Å². The minimum absolute atomic E-state index is 0.0186. The SMILES string of the molecule is CCOC(=O)CN(C)C(=O)CN1CCC(c2ccc(-n3cnn(C(C)C)c3=O)cc2)CC1. The second kappa shape index (κ2) is 10.6. The maximum Gasteiger partial charge on any atom is 0.350 e. The Morgan fingerprint density at radius 3 is 2.41 bits per heavy atom. The second-order valence-electron chi connectivity index (χ2n) is 8.52. The number of likely N-dealkylation sites (N-methyl/N-ethyl adjacent to an activating group) is 1. The average molecular weight is 444 g/mol. The highest BCUT2D eigenvalue weighted by Crippen LogP contribution is 2.28. The summed E-state index contributed by atoms with van der Waals surface area (Å²) in [5, 5.41) is 4.18. The zero-order valence-corrected chi connectivity index (χ0v) is 19.4. The second-order valence-corrected chi connectivity index (χ2v) is 8.52. The fourth-order valence-corrected chi connectivity index (χ4v) is 3.98. The fraction of sp³-hybridized carbons (Fsp3) is 0.565. The van der Waals surface area contributed by atoms with Crippen molar-refractivity contribution in [1.29, 1.82) is 0 Å². The number of benzene rings is 1. The molecule has 1 amide bonds. The quantitative estimate of drug-likeness (QED) is 0.578. The molecular formula is C23H33N5O4. The Morgan fingerprint density at radius 2 is 1.84 bits per heavy atom. The first-order valence-corrected chi connectivity index (χ1v) is 11.2. The van der Waals surface area contributed by atoms with E-state index in [1.165, 1.54) is 15.1 Å². The van der Waals surface area contributed by atoms with Gasteiger partial charge in [-0.3, -0.25) is 14.5 Å². The van der Waals surface area contributed by atoms with Crippen LogP contribution < -0.4 is 5.69 Å². The van der Waals surface area contributed by atoms with Gasteiger partial charge < -0.3 is 9.64 Å². The molecule has 3 rings (SSSR count). The number of carbonyl (C=O) groups is 2. The van der Waals surface area contributed by atoms with Gasteiger partial charge in [0.1, 0.15) is 12.9 Å². The third-order valence-corrected chi connectivity index (χ3v) is 5.87. The molecule has 0 bridgehead atoms. The predicted octanol–water partition coefficient (Wildman–Crippen LogP) is 1.82. The standard InChI is InChI=1S/C23H33N5O4/c1-5-32-22(30)15-25(4)21(29)14-26-12-10-19(11-13-26)18-6-8-20(9-7-18)27-16-24-28(17(2)3)23(27)31/h6-9,16-17,19H,5,10-15H2,1-4H3. The summed E-state index contributed by atoms with van der Waals surface area (Å²) in [4.78, 5) is 40.0. The van der Waals surface area contributed by atoms with Gasteiger partial charge in [-0.05, 0) is 70.3 Å². The molecule has 174 valence electrons. The molecule has 1 aromatic carbocycles. The van der Waals surface area contributed by atoms with Gasteiger partial charge in [0, 0.05) is 7.05 Å². The molecular weight excluding hydrogens is 410 g/mol. The maximum atomic E-state index is 12.5. The number of likely N-dealkylation sites (tertiary alicyclic amines) is 1. The minimum atomic E-state index is -0.385. The number of hydrogen-bond acceptors (Lipinski definition) is 6. The molecule has 9 heteroatoms. The van der Waals surface area contributed by atoms with Crippen LogP contribution in [0.2, 0.25) is 0 Å². The van der Waals surface area contributed by atoms with E-state index in [2.05, 4.69) is 22.1 Å². The van der Waals surface area contributed by atoms with E-state index < -0.39 is 0 Å². The van der Waals surface area contributed by atoms with Crippen LogP contribution in [0.1, 0.15) is 51.1 Å². The van der Waals surface area contributed by atoms with E-state index in [0.29, 0.717) is 19.1 Å². The number of amides is 1. The lowest BCUT2D eigenvalue weighted by molar-refractivity contribution is -0.148. The normalized spacial score (nSPS) is 15.2. The van der Waals surface area contributed by atoms with Gasteiger partial charge in [0.2, 0.25) is 5.91 Å². The summed E-state index contributed by atoms with van der Waals surface area (Å²) in [6.07, 6.45) is 3.48. The predicted molar refractivity (Wildman–Crippen MR) is 121 cm³/mol. The molecule has 0 radical (unpaired) electrons. The summed E-state index contributed by atoms with van der Waals surface area (Å²) < 4.78 is 7.93. The van der Waals surface area contributed by atoms with Crippen molar-refractivity contribution in [3.8, 4) is 5.69 Å². The van der Waals surface area contributed by atoms with Crippen molar-refractivity contribution >= 4 is 11.9 Å². The van der Waals surface area contributed by atoms with E-state index in [9.17, 15) is 14.4 Å². The van der Waals surface area contributed by atoms with Crippen LogP contribution in [0.3, 0.4) is 0 Å². The van der Waals surface area contributed by atoms with Crippen molar-refractivity contribution in [2.45, 2.75) is 45.6 Å². The van der Waals surface area contributed by atoms with Gasteiger partial charge in [0.05, 0.1) is 24.9 Å². The maximum absolute atomic E-state index is 12.5. The summed E-state index contributed by atoms with van der Waals surface area (Å²) in [6.45, 7) is 7.86. The smallest absolute Gasteiger partial charge is 0.350 e. The van der Waals surface area contributed by atoms with Gasteiger partial charge in [-0.1, -0.05) is 12.1 Å². The van der Waals surface area contributed by atoms with E-state index in [1.54, 1.807) is 24.9 Å². The average Bonchev–Trinajstić information content (AvgIpc) is 3.16. The van der Waals surface area contributed by atoms with E-state index in [0.717, 1.165) is 31.6 Å². The molecule has 1 aliphatic rings. The van der Waals surface area contributed by atoms with Crippen LogP contribution >= 0.6 is 0 Å². The molecule has 0 spiro atoms. The first kappa shape index (κ1) is 23.7. The Kier molecular flexibility index (Phi) is 7.84. The molecule has 1 aromatic heterocycles. The zero-order valence-electron chi connectivity index (χ0n) is 19.4. The third kappa shape index (κ3) is 5.64. The number of nitrogens with zero attached hydrogens (tertiary/aromatic N) is 5. The highest BCUT2D eigenvalue weighted by atomic mass is 16.5. The van der Waals surface area contributed by atoms with Gasteiger partial charge in [0.15, 0.2) is 0 Å². The van der Waals surface area contributed by atoms with Gasteiger partial charge >= 0.3 is 11.7 Å². The van der Waals surface area contributed by atoms with Crippen LogP contribution in [0.5, 0.6) is 0 Å². The Bertz CT molecular complexity index is 971. The fourth-order valence-electron chi connectivity index (χ4n) is 3.98. The van der Waals surface area contributed by atoms with Gasteiger partial charge in [-0.25, -0.2) is 14.0 Å². The molecule has 32 heavy (non-hydrogen) atoms. The number of ether oxygens (including phenoxy) is 1. The number of piperidine rings is 1. The largest absolute Gasteiger partial charge is 0.465 e. The molecule has 2 heterocycles. The first-order chi connectivity index (χ1) is 15.3. The molecule has 1 fully saturated rings. The number of rotatable bonds is 8. The molecule has 0 atom stereocenters. The molecule has 1 saturated heterocycles. The molecule has 1 aliphatic heterocycles. The highest BCUT2D eigenvalue weighted by molar-refractivity contribution is 5.83. The highest BCUT2D eigenvalue weighted by Gasteiger charge is 2.24. The van der Waals surface area contributed by atoms with Crippen LogP contribution in [0.25, 0.3) is 5.69 Å². The molecule has 0 unspecified atom stereocenters. The van der Waals surface area contributed by atoms with Crippen molar-refractivity contribution in [2.24, 2.45) is 0 Å². The minimum Gasteiger partial charge on any atom is -0.465 e. The topological polar surface area (TPSA) is 89.7 Å².